The molecular formula is C20H22N4O3. The summed E-state index contributed by atoms with van der Waals surface area (Å²) in [4.78, 5) is 16.9. The molecule has 0 saturated carbocycles. The number of methoxy groups -OCH3 is 1. The largest absolute Gasteiger partial charge is 0.497 e. The predicted molar refractivity (Wildman–Crippen MR) is 100 cm³/mol. The average molecular weight is 366 g/mol. The second kappa shape index (κ2) is 7.67. The van der Waals surface area contributed by atoms with Gasteiger partial charge in [-0.05, 0) is 30.3 Å². The molecule has 1 aliphatic heterocycles. The van der Waals surface area contributed by atoms with Crippen LogP contribution in [-0.4, -0.2) is 59.2 Å². The molecule has 0 radical (unpaired) electrons. The first-order chi connectivity index (χ1) is 13.2. The number of hydrogen-bond donors (Lipinski definition) is 1. The van der Waals surface area contributed by atoms with Gasteiger partial charge in [0.15, 0.2) is 0 Å². The van der Waals surface area contributed by atoms with Crippen LogP contribution < -0.4 is 4.74 Å². The molecule has 7 nitrogen and oxygen atoms in total. The Hall–Kier alpha value is -3.06. The number of nitrogens with one attached hydrogen (secondary N) is 1. The van der Waals surface area contributed by atoms with Crippen molar-refractivity contribution in [1.29, 1.82) is 0 Å². The molecule has 1 fully saturated rings. The Labute approximate surface area is 157 Å². The van der Waals surface area contributed by atoms with E-state index in [0.717, 1.165) is 42.4 Å². The van der Waals surface area contributed by atoms with E-state index in [0.29, 0.717) is 18.8 Å². The number of carbonyl (C=O) groups excluding carboxylic acids is 1. The van der Waals surface area contributed by atoms with Crippen molar-refractivity contribution in [3.05, 3.63) is 60.2 Å². The van der Waals surface area contributed by atoms with Gasteiger partial charge in [-0.15, -0.1) is 0 Å². The molecule has 3 aromatic rings. The summed E-state index contributed by atoms with van der Waals surface area (Å²) in [5.41, 5.74) is 2.15. The summed E-state index contributed by atoms with van der Waals surface area (Å²) < 4.78 is 10.6. The molecule has 7 heteroatoms. The van der Waals surface area contributed by atoms with E-state index in [-0.39, 0.29) is 5.91 Å². The number of rotatable bonds is 5. The van der Waals surface area contributed by atoms with Crippen LogP contribution in [-0.2, 0) is 6.54 Å². The molecule has 0 spiro atoms. The molecule has 2 aromatic heterocycles. The lowest BCUT2D eigenvalue weighted by Crippen LogP contribution is -2.48. The lowest BCUT2D eigenvalue weighted by molar-refractivity contribution is 0.0614. The van der Waals surface area contributed by atoms with Gasteiger partial charge in [0.1, 0.15) is 17.2 Å². The fourth-order valence-electron chi connectivity index (χ4n) is 3.26. The Morgan fingerprint density at radius 3 is 2.78 bits per heavy atom. The van der Waals surface area contributed by atoms with Crippen molar-refractivity contribution in [3.8, 4) is 17.0 Å². The number of amides is 1. The highest BCUT2D eigenvalue weighted by Gasteiger charge is 2.24. The summed E-state index contributed by atoms with van der Waals surface area (Å²) in [6, 6.07) is 13.3. The van der Waals surface area contributed by atoms with Gasteiger partial charge < -0.3 is 14.1 Å². The Balaban J connectivity index is 1.38. The maximum absolute atomic E-state index is 12.8. The summed E-state index contributed by atoms with van der Waals surface area (Å²) >= 11 is 0. The summed E-state index contributed by atoms with van der Waals surface area (Å²) in [5, 5.41) is 7.17. The molecule has 3 heterocycles. The van der Waals surface area contributed by atoms with Gasteiger partial charge in [-0.1, -0.05) is 12.1 Å². The molecule has 1 N–H and O–H groups in total. The number of aromatic nitrogens is 2. The maximum atomic E-state index is 12.8. The zero-order valence-corrected chi connectivity index (χ0v) is 15.2. The number of nitrogens with zero attached hydrogens (tertiary/aromatic N) is 3. The third-order valence-electron chi connectivity index (χ3n) is 4.79. The van der Waals surface area contributed by atoms with Crippen molar-refractivity contribution < 1.29 is 13.9 Å². The minimum atomic E-state index is -0.0192. The van der Waals surface area contributed by atoms with Gasteiger partial charge in [0, 0.05) is 31.7 Å². The summed E-state index contributed by atoms with van der Waals surface area (Å²) in [6.45, 7) is 3.80. The predicted octanol–water partition coefficient (Wildman–Crippen LogP) is 2.64. The topological polar surface area (TPSA) is 74.6 Å². The van der Waals surface area contributed by atoms with E-state index in [1.165, 1.54) is 0 Å². The zero-order chi connectivity index (χ0) is 18.6. The molecule has 1 saturated heterocycles. The van der Waals surface area contributed by atoms with Crippen LogP contribution in [0.5, 0.6) is 5.75 Å². The number of H-pyrrole nitrogens is 1. The number of piperazine rings is 1. The molecule has 140 valence electrons. The average Bonchev–Trinajstić information content (AvgIpc) is 3.40. The highest BCUT2D eigenvalue weighted by molar-refractivity contribution is 5.93. The smallest absolute Gasteiger partial charge is 0.271 e. The van der Waals surface area contributed by atoms with E-state index in [4.69, 9.17) is 9.15 Å². The van der Waals surface area contributed by atoms with Crippen LogP contribution in [0, 0.1) is 0 Å². The monoisotopic (exact) mass is 366 g/mol. The van der Waals surface area contributed by atoms with Gasteiger partial charge >= 0.3 is 0 Å². The van der Waals surface area contributed by atoms with E-state index in [2.05, 4.69) is 15.1 Å². The Kier molecular flexibility index (Phi) is 4.93. The fraction of sp³-hybridized carbons (Fsp3) is 0.300. The lowest BCUT2D eigenvalue weighted by atomic mass is 10.1. The Morgan fingerprint density at radius 1 is 1.19 bits per heavy atom. The minimum Gasteiger partial charge on any atom is -0.497 e. The third-order valence-corrected chi connectivity index (χ3v) is 4.79. The zero-order valence-electron chi connectivity index (χ0n) is 15.2. The second-order valence-electron chi connectivity index (χ2n) is 6.55. The fourth-order valence-corrected chi connectivity index (χ4v) is 3.26. The number of benzene rings is 1. The molecule has 0 bridgehead atoms. The first-order valence-electron chi connectivity index (χ1n) is 8.97. The van der Waals surface area contributed by atoms with Crippen molar-refractivity contribution in [2.75, 3.05) is 33.3 Å². The highest BCUT2D eigenvalue weighted by Crippen LogP contribution is 2.23. The van der Waals surface area contributed by atoms with Gasteiger partial charge in [-0.2, -0.15) is 5.10 Å². The maximum Gasteiger partial charge on any atom is 0.271 e. The van der Waals surface area contributed by atoms with Gasteiger partial charge in [0.05, 0.1) is 25.6 Å². The minimum absolute atomic E-state index is 0.0192. The number of furan rings is 1. The lowest BCUT2D eigenvalue weighted by Gasteiger charge is -2.33. The van der Waals surface area contributed by atoms with Crippen molar-refractivity contribution in [1.82, 2.24) is 20.0 Å². The van der Waals surface area contributed by atoms with Crippen LogP contribution in [0.4, 0.5) is 0 Å². The Bertz CT molecular complexity index is 896. The van der Waals surface area contributed by atoms with Gasteiger partial charge in [-0.3, -0.25) is 14.8 Å². The van der Waals surface area contributed by atoms with Crippen molar-refractivity contribution in [3.63, 3.8) is 0 Å². The van der Waals surface area contributed by atoms with Gasteiger partial charge in [-0.25, -0.2) is 0 Å². The number of ether oxygens (including phenoxy) is 1. The SMILES string of the molecule is COc1cccc(-c2cc(C(=O)N3CCN(Cc4ccco4)CC3)[nH]n2)c1. The van der Waals surface area contributed by atoms with Crippen molar-refractivity contribution in [2.24, 2.45) is 0 Å². The Morgan fingerprint density at radius 2 is 2.04 bits per heavy atom. The van der Waals surface area contributed by atoms with Crippen LogP contribution in [0.25, 0.3) is 11.3 Å². The summed E-state index contributed by atoms with van der Waals surface area (Å²) in [5.74, 6) is 1.69. The van der Waals surface area contributed by atoms with E-state index in [9.17, 15) is 4.79 Å². The molecule has 0 unspecified atom stereocenters. The van der Waals surface area contributed by atoms with E-state index >= 15 is 0 Å². The normalized spacial score (nSPS) is 15.1. The van der Waals surface area contributed by atoms with Crippen LogP contribution in [0.1, 0.15) is 16.2 Å². The second-order valence-corrected chi connectivity index (χ2v) is 6.55. The van der Waals surface area contributed by atoms with E-state index in [1.54, 1.807) is 19.4 Å². The first-order valence-corrected chi connectivity index (χ1v) is 8.97. The van der Waals surface area contributed by atoms with Crippen molar-refractivity contribution in [2.45, 2.75) is 6.54 Å². The molecule has 0 atom stereocenters. The van der Waals surface area contributed by atoms with Crippen LogP contribution in [0.15, 0.2) is 53.1 Å². The molecular weight excluding hydrogens is 344 g/mol. The van der Waals surface area contributed by atoms with E-state index in [1.807, 2.05) is 41.3 Å². The van der Waals surface area contributed by atoms with Crippen LogP contribution in [0.2, 0.25) is 0 Å². The first kappa shape index (κ1) is 17.4. The number of aromatic amines is 1. The molecule has 27 heavy (non-hydrogen) atoms. The van der Waals surface area contributed by atoms with Crippen LogP contribution in [0.3, 0.4) is 0 Å². The molecule has 1 amide bonds. The summed E-state index contributed by atoms with van der Waals surface area (Å²) in [7, 11) is 1.63. The van der Waals surface area contributed by atoms with Crippen LogP contribution >= 0.6 is 0 Å². The highest BCUT2D eigenvalue weighted by atomic mass is 16.5. The molecule has 4 rings (SSSR count). The van der Waals surface area contributed by atoms with E-state index < -0.39 is 0 Å². The van der Waals surface area contributed by atoms with Gasteiger partial charge in [0.25, 0.3) is 5.91 Å². The molecule has 1 aliphatic rings. The quantitative estimate of drug-likeness (QED) is 0.751. The van der Waals surface area contributed by atoms with Gasteiger partial charge in [0.2, 0.25) is 0 Å². The standard InChI is InChI=1S/C20H22N4O3/c1-26-16-5-2-4-15(12-16)18-13-19(22-21-18)20(25)24-9-7-23(8-10-24)14-17-6-3-11-27-17/h2-6,11-13H,7-10,14H2,1H3,(H,21,22). The molecule has 0 aliphatic carbocycles. The summed E-state index contributed by atoms with van der Waals surface area (Å²) in [6.07, 6.45) is 1.69. The number of carbonyl (C=O) groups is 1. The third kappa shape index (κ3) is 3.88. The molecule has 1 aromatic carbocycles. The van der Waals surface area contributed by atoms with Crippen molar-refractivity contribution >= 4 is 5.91 Å². The number of hydrogen-bond acceptors (Lipinski definition) is 5.